The Morgan fingerprint density at radius 2 is 1.70 bits per heavy atom. The van der Waals surface area contributed by atoms with Crippen LogP contribution in [0.15, 0.2) is 60.7 Å². The van der Waals surface area contributed by atoms with Gasteiger partial charge in [-0.1, -0.05) is 75.4 Å². The van der Waals surface area contributed by atoms with Crippen LogP contribution in [-0.2, 0) is 16.7 Å². The third-order valence-electron chi connectivity index (χ3n) is 4.49. The van der Waals surface area contributed by atoms with Gasteiger partial charge in [-0.05, 0) is 29.5 Å². The van der Waals surface area contributed by atoms with E-state index in [0.29, 0.717) is 18.8 Å². The van der Waals surface area contributed by atoms with Crippen LogP contribution in [0.5, 0.6) is 0 Å². The maximum Gasteiger partial charge on any atom is 0.356 e. The zero-order valence-electron chi connectivity index (χ0n) is 16.4. The minimum Gasteiger partial charge on any atom is -0.461 e. The highest BCUT2D eigenvalue weighted by molar-refractivity contribution is 5.89. The Balaban J connectivity index is 1.93. The molecule has 0 aliphatic carbocycles. The number of benzene rings is 2. The van der Waals surface area contributed by atoms with Gasteiger partial charge in [0.25, 0.3) is 0 Å². The van der Waals surface area contributed by atoms with Crippen LogP contribution >= 0.6 is 0 Å². The van der Waals surface area contributed by atoms with E-state index in [1.165, 1.54) is 5.56 Å². The summed E-state index contributed by atoms with van der Waals surface area (Å²) < 4.78 is 6.95. The molecule has 0 radical (unpaired) electrons. The van der Waals surface area contributed by atoms with E-state index in [0.717, 1.165) is 16.8 Å². The molecule has 0 N–H and O–H groups in total. The van der Waals surface area contributed by atoms with Crippen LogP contribution in [0.3, 0.4) is 0 Å². The number of aromatic nitrogens is 2. The quantitative estimate of drug-likeness (QED) is 0.595. The molecule has 2 aromatic carbocycles. The van der Waals surface area contributed by atoms with E-state index < -0.39 is 0 Å². The van der Waals surface area contributed by atoms with Crippen molar-refractivity contribution in [1.29, 1.82) is 0 Å². The highest BCUT2D eigenvalue weighted by Gasteiger charge is 2.18. The summed E-state index contributed by atoms with van der Waals surface area (Å²) >= 11 is 0. The molecule has 4 heteroatoms. The zero-order chi connectivity index (χ0) is 19.4. The highest BCUT2D eigenvalue weighted by atomic mass is 16.5. The van der Waals surface area contributed by atoms with Crippen molar-refractivity contribution < 1.29 is 9.53 Å². The summed E-state index contributed by atoms with van der Waals surface area (Å²) in [6.45, 7) is 9.25. The maximum atomic E-state index is 12.4. The van der Waals surface area contributed by atoms with Crippen LogP contribution in [0.2, 0.25) is 0 Å². The Hall–Kier alpha value is -2.88. The molecule has 27 heavy (non-hydrogen) atoms. The number of hydrogen-bond donors (Lipinski definition) is 0. The van der Waals surface area contributed by atoms with Crippen molar-refractivity contribution in [2.75, 3.05) is 6.61 Å². The molecule has 0 aliphatic heterocycles. The highest BCUT2D eigenvalue weighted by Crippen LogP contribution is 2.24. The predicted molar refractivity (Wildman–Crippen MR) is 108 cm³/mol. The maximum absolute atomic E-state index is 12.4. The van der Waals surface area contributed by atoms with Gasteiger partial charge in [-0.2, -0.15) is 5.10 Å². The van der Waals surface area contributed by atoms with Crippen molar-refractivity contribution in [2.24, 2.45) is 0 Å². The van der Waals surface area contributed by atoms with Gasteiger partial charge in [-0.3, -0.25) is 4.68 Å². The summed E-state index contributed by atoms with van der Waals surface area (Å²) in [7, 11) is 0. The van der Waals surface area contributed by atoms with Crippen molar-refractivity contribution in [3.8, 4) is 11.3 Å². The van der Waals surface area contributed by atoms with Gasteiger partial charge in [0.1, 0.15) is 5.69 Å². The number of hydrogen-bond acceptors (Lipinski definition) is 3. The van der Waals surface area contributed by atoms with E-state index in [1.54, 1.807) is 10.7 Å². The number of nitrogens with zero attached hydrogens (tertiary/aromatic N) is 2. The Labute approximate surface area is 160 Å². The van der Waals surface area contributed by atoms with E-state index in [9.17, 15) is 4.79 Å². The zero-order valence-corrected chi connectivity index (χ0v) is 16.4. The first kappa shape index (κ1) is 18.9. The average molecular weight is 362 g/mol. The molecule has 0 saturated heterocycles. The summed E-state index contributed by atoms with van der Waals surface area (Å²) in [6.07, 6.45) is 0. The topological polar surface area (TPSA) is 44.1 Å². The second-order valence-corrected chi connectivity index (χ2v) is 7.61. The monoisotopic (exact) mass is 362 g/mol. The molecule has 0 bridgehead atoms. The molecule has 4 nitrogen and oxygen atoms in total. The summed E-state index contributed by atoms with van der Waals surface area (Å²) in [5.74, 6) is -0.349. The molecule has 0 saturated carbocycles. The van der Waals surface area contributed by atoms with Gasteiger partial charge in [0.05, 0.1) is 18.8 Å². The predicted octanol–water partition coefficient (Wildman–Crippen LogP) is 5.07. The normalized spacial score (nSPS) is 11.4. The number of rotatable bonds is 5. The Morgan fingerprint density at radius 1 is 1.04 bits per heavy atom. The van der Waals surface area contributed by atoms with Gasteiger partial charge in [0.15, 0.2) is 0 Å². The SMILES string of the molecule is CCOC(=O)c1cc(-c2ccccc2)nn1Cc1ccc(C(C)(C)C)cc1. The lowest BCUT2D eigenvalue weighted by atomic mass is 9.87. The average Bonchev–Trinajstić information content (AvgIpc) is 3.06. The molecule has 140 valence electrons. The second kappa shape index (κ2) is 7.78. The lowest BCUT2D eigenvalue weighted by Crippen LogP contribution is -2.14. The van der Waals surface area contributed by atoms with E-state index >= 15 is 0 Å². The van der Waals surface area contributed by atoms with Gasteiger partial charge in [0, 0.05) is 5.56 Å². The van der Waals surface area contributed by atoms with E-state index in [4.69, 9.17) is 4.74 Å². The number of ether oxygens (including phenoxy) is 1. The van der Waals surface area contributed by atoms with E-state index in [-0.39, 0.29) is 11.4 Å². The van der Waals surface area contributed by atoms with Crippen molar-refractivity contribution in [3.63, 3.8) is 0 Å². The molecule has 0 atom stereocenters. The Morgan fingerprint density at radius 3 is 2.30 bits per heavy atom. The van der Waals surface area contributed by atoms with Gasteiger partial charge in [-0.15, -0.1) is 0 Å². The van der Waals surface area contributed by atoms with Gasteiger partial charge < -0.3 is 4.74 Å². The minimum atomic E-state index is -0.349. The second-order valence-electron chi connectivity index (χ2n) is 7.61. The molecule has 0 aliphatic rings. The first-order valence-corrected chi connectivity index (χ1v) is 9.28. The van der Waals surface area contributed by atoms with Crippen LogP contribution in [0.25, 0.3) is 11.3 Å². The number of esters is 1. The van der Waals surface area contributed by atoms with Gasteiger partial charge >= 0.3 is 5.97 Å². The number of carbonyl (C=O) groups excluding carboxylic acids is 1. The molecule has 1 heterocycles. The summed E-state index contributed by atoms with van der Waals surface area (Å²) in [6, 6.07) is 20.1. The Bertz CT molecular complexity index is 904. The van der Waals surface area contributed by atoms with Crippen molar-refractivity contribution in [2.45, 2.75) is 39.7 Å². The van der Waals surface area contributed by atoms with Gasteiger partial charge in [0.2, 0.25) is 0 Å². The molecule has 1 aromatic heterocycles. The van der Waals surface area contributed by atoms with Crippen molar-refractivity contribution in [1.82, 2.24) is 9.78 Å². The fourth-order valence-corrected chi connectivity index (χ4v) is 2.94. The van der Waals surface area contributed by atoms with Crippen LogP contribution in [0, 0.1) is 0 Å². The van der Waals surface area contributed by atoms with Crippen molar-refractivity contribution in [3.05, 3.63) is 77.5 Å². The summed E-state index contributed by atoms with van der Waals surface area (Å²) in [5, 5.41) is 4.67. The molecular formula is C23H26N2O2. The molecule has 0 fully saturated rings. The largest absolute Gasteiger partial charge is 0.461 e. The standard InChI is InChI=1S/C23H26N2O2/c1-5-27-22(26)21-15-20(18-9-7-6-8-10-18)24-25(21)16-17-11-13-19(14-12-17)23(2,3)4/h6-15H,5,16H2,1-4H3. The lowest BCUT2D eigenvalue weighted by Gasteiger charge is -2.19. The molecular weight excluding hydrogens is 336 g/mol. The summed E-state index contributed by atoms with van der Waals surface area (Å²) in [5.41, 5.74) is 4.70. The summed E-state index contributed by atoms with van der Waals surface area (Å²) in [4.78, 5) is 12.4. The fourth-order valence-electron chi connectivity index (χ4n) is 2.94. The van der Waals surface area contributed by atoms with Crippen molar-refractivity contribution >= 4 is 5.97 Å². The van der Waals surface area contributed by atoms with Crippen LogP contribution in [0.1, 0.15) is 49.3 Å². The molecule has 0 amide bonds. The third-order valence-corrected chi connectivity index (χ3v) is 4.49. The first-order chi connectivity index (χ1) is 12.9. The smallest absolute Gasteiger partial charge is 0.356 e. The van der Waals surface area contributed by atoms with E-state index in [1.807, 2.05) is 37.3 Å². The van der Waals surface area contributed by atoms with Crippen LogP contribution in [0.4, 0.5) is 0 Å². The van der Waals surface area contributed by atoms with Crippen LogP contribution < -0.4 is 0 Å². The molecule has 3 rings (SSSR count). The van der Waals surface area contributed by atoms with E-state index in [2.05, 4.69) is 50.1 Å². The first-order valence-electron chi connectivity index (χ1n) is 9.28. The lowest BCUT2D eigenvalue weighted by molar-refractivity contribution is 0.0512. The minimum absolute atomic E-state index is 0.112. The number of carbonyl (C=O) groups is 1. The fraction of sp³-hybridized carbons (Fsp3) is 0.304. The molecule has 0 spiro atoms. The molecule has 0 unspecified atom stereocenters. The third kappa shape index (κ3) is 4.45. The Kier molecular flexibility index (Phi) is 5.45. The van der Waals surface area contributed by atoms with Gasteiger partial charge in [-0.25, -0.2) is 4.79 Å². The van der Waals surface area contributed by atoms with Crippen LogP contribution in [-0.4, -0.2) is 22.4 Å². The molecule has 3 aromatic rings.